The molecule has 0 unspecified atom stereocenters. The van der Waals surface area contributed by atoms with Gasteiger partial charge in [0.25, 0.3) is 10.1 Å². The number of ketones is 1. The molecule has 1 radical (unpaired) electrons. The maximum Gasteiger partial charge on any atom is 1.00 e. The van der Waals surface area contributed by atoms with E-state index < -0.39 is 64.9 Å². The fourth-order valence-corrected chi connectivity index (χ4v) is 5.11. The monoisotopic (exact) mass is 597 g/mol. The van der Waals surface area contributed by atoms with E-state index in [-0.39, 0.29) is 41.6 Å². The van der Waals surface area contributed by atoms with E-state index in [2.05, 4.69) is 14.7 Å². The molecule has 3 rings (SSSR count). The second-order valence-electron chi connectivity index (χ2n) is 6.71. The Morgan fingerprint density at radius 3 is 2.20 bits per heavy atom. The summed E-state index contributed by atoms with van der Waals surface area (Å²) in [5.41, 5.74) is 1.43. The van der Waals surface area contributed by atoms with Crippen molar-refractivity contribution in [3.05, 3.63) is 59.7 Å². The summed E-state index contributed by atoms with van der Waals surface area (Å²) in [6.07, 6.45) is 0.817. The number of anilines is 1. The van der Waals surface area contributed by atoms with Gasteiger partial charge in [-0.05, 0) is 24.3 Å². The van der Waals surface area contributed by atoms with Gasteiger partial charge in [-0.25, -0.2) is 12.6 Å². The number of allylic oxidation sites excluding steroid dienone is 1. The van der Waals surface area contributed by atoms with Crippen molar-refractivity contribution in [2.75, 3.05) is 17.8 Å². The number of carbonyl (C=O) groups excluding carboxylic acids is 1. The molecule has 0 fully saturated rings. The molecule has 193 valence electrons. The topological polar surface area (TPSA) is 214 Å². The second-order valence-corrected chi connectivity index (χ2v) is 11.3. The number of nitrogens with zero attached hydrogens (tertiary/aromatic N) is 1. The predicted molar refractivity (Wildman–Crippen MR) is 121 cm³/mol. The molecule has 0 bridgehead atoms. The minimum Gasteiger partial charge on any atom is -0.506 e. The second kappa shape index (κ2) is 10.5. The van der Waals surface area contributed by atoms with Gasteiger partial charge in [-0.1, -0.05) is 24.3 Å². The van der Waals surface area contributed by atoms with Crippen molar-refractivity contribution in [3.8, 4) is 5.75 Å². The summed E-state index contributed by atoms with van der Waals surface area (Å²) in [7, 11) is -13.7. The summed E-state index contributed by atoms with van der Waals surface area (Å²) in [6, 6.07) is 8.51. The van der Waals surface area contributed by atoms with Crippen LogP contribution in [0.3, 0.4) is 0 Å². The van der Waals surface area contributed by atoms with E-state index in [9.17, 15) is 39.7 Å². The number of rotatable bonds is 8. The van der Waals surface area contributed by atoms with Gasteiger partial charge in [-0.15, -0.1) is 0 Å². The Morgan fingerprint density at radius 1 is 0.971 bits per heavy atom. The van der Waals surface area contributed by atoms with Gasteiger partial charge in [0, 0.05) is 28.2 Å². The Bertz CT molecular complexity index is 1560. The van der Waals surface area contributed by atoms with Gasteiger partial charge in [-0.2, -0.15) is 21.9 Å². The zero-order valence-electron chi connectivity index (χ0n) is 19.1. The van der Waals surface area contributed by atoms with Crippen LogP contribution in [0.5, 0.6) is 5.75 Å². The number of phenolic OH excluding ortho intramolecular Hbond substituents is 1. The van der Waals surface area contributed by atoms with Gasteiger partial charge in [0.2, 0.25) is 5.78 Å². The fourth-order valence-electron chi connectivity index (χ4n) is 2.88. The van der Waals surface area contributed by atoms with Gasteiger partial charge in [-0.3, -0.25) is 19.3 Å². The smallest absolute Gasteiger partial charge is 0.506 e. The molecule has 0 amide bonds. The van der Waals surface area contributed by atoms with E-state index in [1.165, 1.54) is 24.3 Å². The summed E-state index contributed by atoms with van der Waals surface area (Å²) >= 11 is 0. The molecule has 0 spiro atoms. The van der Waals surface area contributed by atoms with E-state index in [0.717, 1.165) is 24.3 Å². The standard InChI is InChI=1S/C18H16N2O11S3.Cu/c21-16-6-5-11(32(23,24)8-7-31-34(28,29)30)9-14(16)19-20-15-10-17(33(25,26)27)12-3-1-2-4-13(12)18(15)22;/h1-6,9-10,19,21H,7-8H2,(H,25,26,27)(H,28,29,30);/p+2/b20-15-;. The predicted octanol–water partition coefficient (Wildman–Crippen LogP) is 1.10. The maximum absolute atomic E-state index is 12.7. The van der Waals surface area contributed by atoms with Crippen LogP contribution < -0.4 is 5.43 Å². The Morgan fingerprint density at radius 2 is 1.60 bits per heavy atom. The molecule has 2 aromatic rings. The summed E-state index contributed by atoms with van der Waals surface area (Å²) in [5.74, 6) is -2.03. The number of phenols is 1. The normalized spacial score (nSPS) is 15.2. The number of sulfone groups is 1. The molecule has 0 aliphatic heterocycles. The van der Waals surface area contributed by atoms with Crippen molar-refractivity contribution in [3.63, 3.8) is 0 Å². The average molecular weight is 598 g/mol. The van der Waals surface area contributed by atoms with Gasteiger partial charge in [0.15, 0.2) is 9.84 Å². The number of hydrogen-bond acceptors (Lipinski definition) is 11. The third-order valence-electron chi connectivity index (χ3n) is 4.42. The molecular weight excluding hydrogens is 580 g/mol. The van der Waals surface area contributed by atoms with Crippen molar-refractivity contribution in [2.24, 2.45) is 5.10 Å². The molecule has 4 N–H and O–H groups in total. The largest absolute Gasteiger partial charge is 1.00 e. The van der Waals surface area contributed by atoms with E-state index >= 15 is 0 Å². The molecule has 2 aromatic carbocycles. The number of hydrogen-bond donors (Lipinski definition) is 4. The molecular formula is C18H18CuN2O11S3+2. The summed E-state index contributed by atoms with van der Waals surface area (Å²) in [4.78, 5) is 11.7. The summed E-state index contributed by atoms with van der Waals surface area (Å²) in [5, 5.41) is 13.8. The Labute approximate surface area is 213 Å². The molecule has 1 aliphatic rings. The first-order chi connectivity index (χ1) is 15.7. The Kier molecular flexibility index (Phi) is 8.62. The van der Waals surface area contributed by atoms with Crippen molar-refractivity contribution in [1.82, 2.24) is 0 Å². The van der Waals surface area contributed by atoms with E-state index in [1.54, 1.807) is 0 Å². The van der Waals surface area contributed by atoms with Crippen LogP contribution in [0.25, 0.3) is 4.91 Å². The summed E-state index contributed by atoms with van der Waals surface area (Å²) in [6.45, 7) is -0.871. The minimum atomic E-state index is -4.84. The Balaban J connectivity index is 0.00000432. The van der Waals surface area contributed by atoms with Crippen LogP contribution in [-0.4, -0.2) is 63.3 Å². The number of nitrogens with one attached hydrogen (secondary N) is 1. The minimum absolute atomic E-state index is 0. The van der Waals surface area contributed by atoms with E-state index in [4.69, 9.17) is 4.55 Å². The third kappa shape index (κ3) is 6.96. The molecule has 1 aliphatic carbocycles. The summed E-state index contributed by atoms with van der Waals surface area (Å²) < 4.78 is 91.4. The number of carbonyl (C=O) groups is 1. The quantitative estimate of drug-likeness (QED) is 0.146. The van der Waals surface area contributed by atoms with Gasteiger partial charge < -0.3 is 5.11 Å². The van der Waals surface area contributed by atoms with Crippen LogP contribution >= 0.6 is 0 Å². The van der Waals surface area contributed by atoms with Crippen LogP contribution in [0.2, 0.25) is 0 Å². The van der Waals surface area contributed by atoms with Crippen molar-refractivity contribution < 1.29 is 68.4 Å². The molecule has 13 nitrogen and oxygen atoms in total. The molecule has 0 saturated carbocycles. The zero-order valence-corrected chi connectivity index (χ0v) is 20.5. The van der Waals surface area contributed by atoms with Crippen LogP contribution in [-0.2, 0) is 51.6 Å². The zero-order chi connectivity index (χ0) is 25.3. The Hall–Kier alpha value is -2.63. The van der Waals surface area contributed by atoms with Crippen LogP contribution in [0.4, 0.5) is 5.69 Å². The van der Waals surface area contributed by atoms with Crippen molar-refractivity contribution in [1.29, 1.82) is 0 Å². The van der Waals surface area contributed by atoms with Crippen molar-refractivity contribution >= 4 is 52.4 Å². The van der Waals surface area contributed by atoms with E-state index in [0.29, 0.717) is 0 Å². The fraction of sp³-hybridized carbons (Fsp3) is 0.111. The molecule has 35 heavy (non-hydrogen) atoms. The van der Waals surface area contributed by atoms with Crippen LogP contribution in [0.15, 0.2) is 58.5 Å². The first-order valence-corrected chi connectivity index (χ1v) is 13.5. The number of hydrazone groups is 1. The number of aromatic hydroxyl groups is 1. The SMILES string of the molecule is O=C1/C(=N\Nc2cc(S(=O)(=O)CCOS(=O)(=O)O)ccc2O)C=C(S(=O)(=O)O)c2ccccc21.[Cu].[H+].[H+]. The first-order valence-electron chi connectivity index (χ1n) is 9.04. The first kappa shape index (κ1) is 28.6. The van der Waals surface area contributed by atoms with Crippen LogP contribution in [0.1, 0.15) is 18.8 Å². The number of benzene rings is 2. The van der Waals surface area contributed by atoms with Crippen LogP contribution in [0, 0.1) is 0 Å². The average Bonchev–Trinajstić information content (AvgIpc) is 2.72. The molecule has 0 saturated heterocycles. The number of Topliss-reactive ketones (excluding diaryl/α,β-unsaturated/α-hetero) is 1. The van der Waals surface area contributed by atoms with Gasteiger partial charge in [0.1, 0.15) is 16.4 Å². The third-order valence-corrected chi connectivity index (χ3v) is 7.46. The molecule has 0 heterocycles. The van der Waals surface area contributed by atoms with E-state index in [1.807, 2.05) is 0 Å². The molecule has 0 atom stereocenters. The maximum atomic E-state index is 12.7. The molecule has 0 aromatic heterocycles. The number of fused-ring (bicyclic) bond motifs is 1. The van der Waals surface area contributed by atoms with Gasteiger partial charge in [0.05, 0.1) is 22.9 Å². The van der Waals surface area contributed by atoms with Crippen molar-refractivity contribution in [2.45, 2.75) is 4.90 Å². The van der Waals surface area contributed by atoms with Gasteiger partial charge >= 0.3 is 13.3 Å². The molecule has 17 heteroatoms.